The van der Waals surface area contributed by atoms with E-state index in [0.29, 0.717) is 0 Å². The van der Waals surface area contributed by atoms with Crippen molar-refractivity contribution in [2.24, 2.45) is 0 Å². The Labute approximate surface area is 35.4 Å². The second-order valence-electron chi connectivity index (χ2n) is 0.827. The molecule has 0 radical (unpaired) electrons. The maximum absolute atomic E-state index is 5.00. The first-order valence-electron chi connectivity index (χ1n) is 1.27. The summed E-state index contributed by atoms with van der Waals surface area (Å²) in [7, 11) is 0.0802. The van der Waals surface area contributed by atoms with Crippen LogP contribution in [0.4, 0.5) is 0 Å². The Bertz CT molecular complexity index is 54.7. The molecule has 0 rings (SSSR count). The standard InChI is InChI=1S/C4H7S/c1-4-5(2)3/h1,4H,2H2,3H3/q+1. The van der Waals surface area contributed by atoms with Crippen LogP contribution >= 0.6 is 10.5 Å². The first-order valence-corrected chi connectivity index (χ1v) is 3.13. The van der Waals surface area contributed by atoms with E-state index in [0.717, 1.165) is 0 Å². The summed E-state index contributed by atoms with van der Waals surface area (Å²) in [6.07, 6.45) is 1.96. The first-order chi connectivity index (χ1) is 2.27. The molecule has 28 valence electrons. The lowest BCUT2D eigenvalue weighted by Crippen LogP contribution is -1.42. The molecule has 0 aliphatic carbocycles. The molecule has 0 spiro atoms. The van der Waals surface area contributed by atoms with Gasteiger partial charge >= 0.3 is 0 Å². The van der Waals surface area contributed by atoms with E-state index in [1.165, 1.54) is 0 Å². The van der Waals surface area contributed by atoms with Gasteiger partial charge in [-0.05, 0) is 6.26 Å². The van der Waals surface area contributed by atoms with Gasteiger partial charge < -0.3 is 0 Å². The Kier molecular flexibility index (Phi) is 2.07. The van der Waals surface area contributed by atoms with Crippen LogP contribution in [0.5, 0.6) is 0 Å². The van der Waals surface area contributed by atoms with Crippen LogP contribution in [0.25, 0.3) is 0 Å². The average Bonchev–Trinajstić information content (AvgIpc) is 1.38. The molecule has 0 heterocycles. The van der Waals surface area contributed by atoms with Crippen molar-refractivity contribution in [2.45, 2.75) is 0 Å². The van der Waals surface area contributed by atoms with E-state index in [4.69, 9.17) is 6.58 Å². The van der Waals surface area contributed by atoms with Crippen LogP contribution in [0.2, 0.25) is 0 Å². The third-order valence-electron chi connectivity index (χ3n) is 0.232. The molecule has 1 heteroatoms. The summed E-state index contributed by atoms with van der Waals surface area (Å²) in [5.74, 6) is 3.60. The third kappa shape index (κ3) is 3.87. The summed E-state index contributed by atoms with van der Waals surface area (Å²) in [4.78, 5) is 0. The topological polar surface area (TPSA) is 0 Å². The molecule has 0 aromatic rings. The predicted molar refractivity (Wildman–Crippen MR) is 29.5 cm³/mol. The fraction of sp³-hybridized carbons (Fsp3) is 0.250. The molecule has 0 N–H and O–H groups in total. The molecule has 0 amide bonds. The van der Waals surface area contributed by atoms with Gasteiger partial charge in [-0.25, -0.2) is 0 Å². The van der Waals surface area contributed by atoms with Crippen LogP contribution in [-0.4, -0.2) is 12.1 Å². The molecule has 0 fully saturated rings. The highest BCUT2D eigenvalue weighted by Gasteiger charge is 1.66. The Morgan fingerprint density at radius 3 is 2.20 bits per heavy atom. The summed E-state index contributed by atoms with van der Waals surface area (Å²) >= 11 is 0. The van der Waals surface area contributed by atoms with Crippen molar-refractivity contribution in [1.29, 1.82) is 0 Å². The van der Waals surface area contributed by atoms with E-state index < -0.39 is 0 Å². The molecule has 1 atom stereocenters. The molecule has 0 aromatic heterocycles. The lowest BCUT2D eigenvalue weighted by molar-refractivity contribution is 2.42. The van der Waals surface area contributed by atoms with Crippen molar-refractivity contribution in [1.82, 2.24) is 0 Å². The van der Waals surface area contributed by atoms with E-state index in [9.17, 15) is 0 Å². The quantitative estimate of drug-likeness (QED) is 0.333. The van der Waals surface area contributed by atoms with Crippen molar-refractivity contribution < 1.29 is 0 Å². The van der Waals surface area contributed by atoms with Gasteiger partial charge in [0.2, 0.25) is 12.0 Å². The summed E-state index contributed by atoms with van der Waals surface area (Å²) in [5.41, 5.74) is 0. The normalized spacial score (nSPS) is 13.6. The highest BCUT2D eigenvalue weighted by Crippen LogP contribution is 1.97. The third-order valence-corrected chi connectivity index (χ3v) is 0.697. The van der Waals surface area contributed by atoms with Gasteiger partial charge in [0.1, 0.15) is 0 Å². The molecule has 0 saturated carbocycles. The minimum Gasteiger partial charge on any atom is -0.121 e. The summed E-state index contributed by atoms with van der Waals surface area (Å²) < 4.78 is 0. The van der Waals surface area contributed by atoms with E-state index in [2.05, 4.69) is 5.87 Å². The van der Waals surface area contributed by atoms with E-state index in [1.807, 2.05) is 6.26 Å². The summed E-state index contributed by atoms with van der Waals surface area (Å²) in [5, 5.41) is 1.58. The molecule has 0 aromatic carbocycles. The van der Waals surface area contributed by atoms with Gasteiger partial charge in [0, 0.05) is 0 Å². The SMILES string of the molecule is [CH+]=CS(=C)C. The first kappa shape index (κ1) is 4.87. The molecule has 5 heavy (non-hydrogen) atoms. The van der Waals surface area contributed by atoms with Crippen LogP contribution in [0.15, 0.2) is 5.41 Å². The maximum atomic E-state index is 5.00. The van der Waals surface area contributed by atoms with Crippen LogP contribution in [0.3, 0.4) is 0 Å². The van der Waals surface area contributed by atoms with Gasteiger partial charge in [-0.3, -0.25) is 0 Å². The molecular weight excluding hydrogens is 80.1 g/mol. The Hall–Kier alpha value is -0.130. The molecule has 0 bridgehead atoms. The van der Waals surface area contributed by atoms with Crippen molar-refractivity contribution in [3.8, 4) is 0 Å². The van der Waals surface area contributed by atoms with E-state index in [-0.39, 0.29) is 10.5 Å². The van der Waals surface area contributed by atoms with Gasteiger partial charge in [-0.15, -0.1) is 10.5 Å². The van der Waals surface area contributed by atoms with Gasteiger partial charge in [0.15, 0.2) is 0 Å². The summed E-state index contributed by atoms with van der Waals surface area (Å²) in [6, 6.07) is 0. The zero-order valence-electron chi connectivity index (χ0n) is 3.27. The maximum Gasteiger partial charge on any atom is 0.213 e. The van der Waals surface area contributed by atoms with E-state index >= 15 is 0 Å². The average molecular weight is 87.2 g/mol. The van der Waals surface area contributed by atoms with Crippen molar-refractivity contribution in [3.63, 3.8) is 0 Å². The van der Waals surface area contributed by atoms with Gasteiger partial charge in [0.25, 0.3) is 0 Å². The highest BCUT2D eigenvalue weighted by atomic mass is 32.2. The van der Waals surface area contributed by atoms with Crippen molar-refractivity contribution in [2.75, 3.05) is 6.26 Å². The predicted octanol–water partition coefficient (Wildman–Crippen LogP) is 1.26. The van der Waals surface area contributed by atoms with Gasteiger partial charge in [-0.1, -0.05) is 5.87 Å². The minimum atomic E-state index is 0.0802. The lowest BCUT2D eigenvalue weighted by atomic mass is 11.3. The van der Waals surface area contributed by atoms with Crippen LogP contribution < -0.4 is 0 Å². The smallest absolute Gasteiger partial charge is 0.121 e. The second-order valence-corrected chi connectivity index (χ2v) is 2.48. The second kappa shape index (κ2) is 2.13. The monoisotopic (exact) mass is 87.0 g/mol. The zero-order chi connectivity index (χ0) is 4.28. The molecule has 0 nitrogen and oxygen atoms in total. The van der Waals surface area contributed by atoms with Crippen LogP contribution in [0, 0.1) is 6.58 Å². The Morgan fingerprint density at radius 2 is 2.20 bits per heavy atom. The van der Waals surface area contributed by atoms with E-state index in [1.54, 1.807) is 5.41 Å². The fourth-order valence-electron chi connectivity index (χ4n) is 0. The molecular formula is C4H7S+. The van der Waals surface area contributed by atoms with Crippen LogP contribution in [0.1, 0.15) is 0 Å². The van der Waals surface area contributed by atoms with Crippen molar-refractivity contribution >= 4 is 16.4 Å². The Morgan fingerprint density at radius 1 is 2.00 bits per heavy atom. The minimum absolute atomic E-state index is 0.0802. The van der Waals surface area contributed by atoms with Gasteiger partial charge in [-0.2, -0.15) is 0 Å². The van der Waals surface area contributed by atoms with Crippen molar-refractivity contribution in [3.05, 3.63) is 12.0 Å². The molecule has 0 aliphatic rings. The van der Waals surface area contributed by atoms with Crippen LogP contribution in [-0.2, 0) is 0 Å². The number of rotatable bonds is 1. The van der Waals surface area contributed by atoms with Gasteiger partial charge in [0.05, 0.1) is 0 Å². The fourth-order valence-corrected chi connectivity index (χ4v) is 0. The largest absolute Gasteiger partial charge is 0.213 e. The lowest BCUT2D eigenvalue weighted by Gasteiger charge is -1.66. The Balaban J connectivity index is 3.20. The zero-order valence-corrected chi connectivity index (χ0v) is 4.09. The summed E-state index contributed by atoms with van der Waals surface area (Å²) in [6.45, 7) is 5.00. The number of hydrogen-bond donors (Lipinski definition) is 0. The molecule has 0 saturated heterocycles. The molecule has 1 unspecified atom stereocenters. The highest BCUT2D eigenvalue weighted by molar-refractivity contribution is 8.16. The number of hydrogen-bond acceptors (Lipinski definition) is 0. The molecule has 0 aliphatic heterocycles.